The molecule has 1 aliphatic heterocycles. The van der Waals surface area contributed by atoms with E-state index >= 15 is 0 Å². The van der Waals surface area contributed by atoms with E-state index in [4.69, 9.17) is 13.7 Å². The predicted octanol–water partition coefficient (Wildman–Crippen LogP) is 3.25. The van der Waals surface area contributed by atoms with Gasteiger partial charge in [-0.05, 0) is 37.6 Å². The second-order valence-electron chi connectivity index (χ2n) is 6.46. The lowest BCUT2D eigenvalue weighted by atomic mass is 10.0. The van der Waals surface area contributed by atoms with Crippen LogP contribution < -0.4 is 13.7 Å². The molecule has 1 aliphatic rings. The third-order valence-corrected chi connectivity index (χ3v) is 5.89. The molecule has 2 aromatic rings. The van der Waals surface area contributed by atoms with Gasteiger partial charge in [-0.25, -0.2) is 0 Å². The van der Waals surface area contributed by atoms with Crippen molar-refractivity contribution in [3.8, 4) is 17.2 Å². The van der Waals surface area contributed by atoms with Gasteiger partial charge >= 0.3 is 10.1 Å². The summed E-state index contributed by atoms with van der Waals surface area (Å²) in [6.45, 7) is 1.26. The summed E-state index contributed by atoms with van der Waals surface area (Å²) < 4.78 is 40.6. The summed E-state index contributed by atoms with van der Waals surface area (Å²) in [5.74, 6) is 1.78. The Hall–Kier alpha value is -2.25. The number of para-hydroxylation sites is 1. The summed E-state index contributed by atoms with van der Waals surface area (Å²) >= 11 is 0. The van der Waals surface area contributed by atoms with Crippen LogP contribution >= 0.6 is 0 Å². The fourth-order valence-corrected chi connectivity index (χ4v) is 4.38. The number of hydrogen-bond acceptors (Lipinski definition) is 6. The molecule has 1 heterocycles. The Morgan fingerprint density at radius 2 is 1.81 bits per heavy atom. The highest BCUT2D eigenvalue weighted by atomic mass is 32.2. The molecule has 27 heavy (non-hydrogen) atoms. The average Bonchev–Trinajstić information content (AvgIpc) is 3.15. The summed E-state index contributed by atoms with van der Waals surface area (Å²) in [5.41, 5.74) is 1.05. The van der Waals surface area contributed by atoms with Crippen molar-refractivity contribution in [3.63, 3.8) is 0 Å². The first-order valence-electron chi connectivity index (χ1n) is 8.95. The molecule has 3 rings (SSSR count). The molecule has 0 amide bonds. The molecule has 1 fully saturated rings. The minimum absolute atomic E-state index is 0.0587. The fourth-order valence-electron chi connectivity index (χ4n) is 3.43. The van der Waals surface area contributed by atoms with Gasteiger partial charge in [0.05, 0.1) is 20.0 Å². The van der Waals surface area contributed by atoms with Gasteiger partial charge in [-0.1, -0.05) is 24.3 Å². The quantitative estimate of drug-likeness (QED) is 0.644. The molecule has 2 aromatic carbocycles. The van der Waals surface area contributed by atoms with E-state index in [-0.39, 0.29) is 11.8 Å². The smallest absolute Gasteiger partial charge is 0.310 e. The number of ether oxygens (including phenoxy) is 2. The summed E-state index contributed by atoms with van der Waals surface area (Å²) in [7, 11) is -0.393. The zero-order valence-electron chi connectivity index (χ0n) is 15.6. The van der Waals surface area contributed by atoms with E-state index in [0.717, 1.165) is 36.4 Å². The average molecular weight is 391 g/mol. The van der Waals surface area contributed by atoms with Crippen LogP contribution in [0.25, 0.3) is 0 Å². The highest BCUT2D eigenvalue weighted by Crippen LogP contribution is 2.38. The molecule has 6 nitrogen and oxygen atoms in total. The molecule has 1 unspecified atom stereocenters. The second-order valence-corrected chi connectivity index (χ2v) is 8.15. The third-order valence-electron chi connectivity index (χ3n) is 4.76. The van der Waals surface area contributed by atoms with E-state index in [9.17, 15) is 8.42 Å². The second kappa shape index (κ2) is 8.63. The van der Waals surface area contributed by atoms with Crippen LogP contribution in [0.5, 0.6) is 17.2 Å². The minimum Gasteiger partial charge on any atom is -0.497 e. The van der Waals surface area contributed by atoms with Gasteiger partial charge in [-0.3, -0.25) is 4.90 Å². The van der Waals surface area contributed by atoms with Crippen LogP contribution in [-0.2, 0) is 10.1 Å². The molecule has 0 N–H and O–H groups in total. The maximum atomic E-state index is 12.3. The number of likely N-dealkylation sites (tertiary alicyclic amines) is 1. The standard InChI is InChI=1S/C20H25NO5S/c1-24-17-10-11-18(20(15-17)25-2)19-9-6-12-21(19)13-14-27(22,23)26-16-7-4-3-5-8-16/h3-5,7-8,10-11,15,19H,6,9,12-14H2,1-2H3. The van der Waals surface area contributed by atoms with Crippen LogP contribution in [0, 0.1) is 0 Å². The Morgan fingerprint density at radius 3 is 2.52 bits per heavy atom. The Labute approximate surface area is 160 Å². The predicted molar refractivity (Wildman–Crippen MR) is 104 cm³/mol. The van der Waals surface area contributed by atoms with E-state index in [0.29, 0.717) is 12.3 Å². The minimum atomic E-state index is -3.65. The Kier molecular flexibility index (Phi) is 6.23. The topological polar surface area (TPSA) is 65.1 Å². The van der Waals surface area contributed by atoms with Gasteiger partial charge in [0.25, 0.3) is 0 Å². The number of hydrogen-bond donors (Lipinski definition) is 0. The van der Waals surface area contributed by atoms with Crippen molar-refractivity contribution in [2.24, 2.45) is 0 Å². The van der Waals surface area contributed by atoms with Crippen LogP contribution in [0.1, 0.15) is 24.4 Å². The number of rotatable bonds is 8. The van der Waals surface area contributed by atoms with Gasteiger partial charge in [-0.2, -0.15) is 8.42 Å². The molecule has 0 radical (unpaired) electrons. The van der Waals surface area contributed by atoms with Gasteiger partial charge < -0.3 is 13.7 Å². The first kappa shape index (κ1) is 19.5. The number of nitrogens with zero attached hydrogens (tertiary/aromatic N) is 1. The van der Waals surface area contributed by atoms with Crippen molar-refractivity contribution in [2.75, 3.05) is 33.1 Å². The molecule has 1 atom stereocenters. The largest absolute Gasteiger partial charge is 0.497 e. The summed E-state index contributed by atoms with van der Waals surface area (Å²) in [6.07, 6.45) is 1.97. The molecule has 146 valence electrons. The fraction of sp³-hybridized carbons (Fsp3) is 0.400. The zero-order valence-corrected chi connectivity index (χ0v) is 16.4. The van der Waals surface area contributed by atoms with E-state index in [1.807, 2.05) is 24.3 Å². The highest BCUT2D eigenvalue weighted by molar-refractivity contribution is 7.87. The maximum absolute atomic E-state index is 12.3. The van der Waals surface area contributed by atoms with Crippen LogP contribution in [0.4, 0.5) is 0 Å². The molecule has 0 spiro atoms. The molecule has 0 saturated carbocycles. The Morgan fingerprint density at radius 1 is 1.04 bits per heavy atom. The SMILES string of the molecule is COc1ccc(C2CCCN2CCS(=O)(=O)Oc2ccccc2)c(OC)c1. The molecule has 0 bridgehead atoms. The van der Waals surface area contributed by atoms with Crippen molar-refractivity contribution in [1.29, 1.82) is 0 Å². The van der Waals surface area contributed by atoms with Gasteiger partial charge in [0.1, 0.15) is 17.2 Å². The van der Waals surface area contributed by atoms with Gasteiger partial charge in [0.2, 0.25) is 0 Å². The molecule has 0 aliphatic carbocycles. The van der Waals surface area contributed by atoms with Crippen molar-refractivity contribution in [2.45, 2.75) is 18.9 Å². The van der Waals surface area contributed by atoms with E-state index in [1.165, 1.54) is 0 Å². The van der Waals surface area contributed by atoms with Crippen molar-refractivity contribution in [3.05, 3.63) is 54.1 Å². The third kappa shape index (κ3) is 4.93. The van der Waals surface area contributed by atoms with Crippen molar-refractivity contribution >= 4 is 10.1 Å². The first-order chi connectivity index (χ1) is 13.0. The lowest BCUT2D eigenvalue weighted by Crippen LogP contribution is -2.30. The zero-order chi connectivity index (χ0) is 19.3. The number of methoxy groups -OCH3 is 2. The molecule has 0 aromatic heterocycles. The van der Waals surface area contributed by atoms with Crippen LogP contribution in [-0.4, -0.2) is 46.4 Å². The summed E-state index contributed by atoms with van der Waals surface area (Å²) in [5, 5.41) is 0. The highest BCUT2D eigenvalue weighted by Gasteiger charge is 2.29. The summed E-state index contributed by atoms with van der Waals surface area (Å²) in [4.78, 5) is 2.18. The Balaban J connectivity index is 1.68. The van der Waals surface area contributed by atoms with Gasteiger partial charge in [0.15, 0.2) is 0 Å². The molecule has 1 saturated heterocycles. The van der Waals surface area contributed by atoms with Gasteiger partial charge in [-0.15, -0.1) is 0 Å². The normalized spacial score (nSPS) is 17.6. The van der Waals surface area contributed by atoms with Crippen LogP contribution in [0.15, 0.2) is 48.5 Å². The lowest BCUT2D eigenvalue weighted by Gasteiger charge is -2.26. The first-order valence-corrected chi connectivity index (χ1v) is 10.5. The van der Waals surface area contributed by atoms with E-state index in [2.05, 4.69) is 4.90 Å². The molecule has 7 heteroatoms. The van der Waals surface area contributed by atoms with E-state index < -0.39 is 10.1 Å². The lowest BCUT2D eigenvalue weighted by molar-refractivity contribution is 0.263. The monoisotopic (exact) mass is 391 g/mol. The maximum Gasteiger partial charge on any atom is 0.310 e. The number of benzene rings is 2. The van der Waals surface area contributed by atoms with Crippen LogP contribution in [0.2, 0.25) is 0 Å². The summed E-state index contributed by atoms with van der Waals surface area (Å²) in [6, 6.07) is 14.5. The van der Waals surface area contributed by atoms with Crippen molar-refractivity contribution in [1.82, 2.24) is 4.90 Å². The molecular formula is C20H25NO5S. The molecular weight excluding hydrogens is 366 g/mol. The van der Waals surface area contributed by atoms with Crippen molar-refractivity contribution < 1.29 is 22.1 Å². The van der Waals surface area contributed by atoms with Gasteiger partial charge in [0, 0.05) is 24.2 Å². The van der Waals surface area contributed by atoms with Crippen LogP contribution in [0.3, 0.4) is 0 Å². The Bertz CT molecular complexity index is 854. The van der Waals surface area contributed by atoms with E-state index in [1.54, 1.807) is 38.5 Å².